The van der Waals surface area contributed by atoms with E-state index < -0.39 is 4.92 Å². The fourth-order valence-electron chi connectivity index (χ4n) is 2.45. The number of hydrogen-bond donors (Lipinski definition) is 2. The summed E-state index contributed by atoms with van der Waals surface area (Å²) in [5.74, 6) is -0.179. The Bertz CT molecular complexity index is 1070. The summed E-state index contributed by atoms with van der Waals surface area (Å²) in [5.41, 5.74) is 2.54. The lowest BCUT2D eigenvalue weighted by Crippen LogP contribution is -2.15. The zero-order valence-electron chi connectivity index (χ0n) is 15.4. The van der Waals surface area contributed by atoms with Gasteiger partial charge < -0.3 is 10.6 Å². The molecule has 1 heterocycles. The molecule has 11 heteroatoms. The van der Waals surface area contributed by atoms with Crippen LogP contribution in [-0.2, 0) is 4.79 Å². The molecule has 0 spiro atoms. The molecule has 0 radical (unpaired) electrons. The van der Waals surface area contributed by atoms with Gasteiger partial charge in [-0.3, -0.25) is 14.9 Å². The molecule has 0 saturated carbocycles. The van der Waals surface area contributed by atoms with Crippen molar-refractivity contribution < 1.29 is 9.72 Å². The lowest BCUT2D eigenvalue weighted by atomic mass is 10.1. The number of thioether (sulfide) groups is 1. The standard InChI is InChI=1S/C18H16ClN5O3S2/c1-10-12(19)5-3-6-13(10)21-17-22-23-18(29-17)28-9-16(25)20-14-7-4-8-15(11(14)2)24(26)27/h3-8H,9H2,1-2H3,(H,20,25)(H,21,22). The molecule has 0 aliphatic heterocycles. The summed E-state index contributed by atoms with van der Waals surface area (Å²) < 4.78 is 0.623. The van der Waals surface area contributed by atoms with Crippen molar-refractivity contribution in [2.45, 2.75) is 18.2 Å². The largest absolute Gasteiger partial charge is 0.330 e. The molecule has 150 valence electrons. The maximum absolute atomic E-state index is 12.2. The SMILES string of the molecule is Cc1c(Cl)cccc1Nc1nnc(SCC(=O)Nc2cccc([N+](=O)[O-])c2C)s1. The number of nitrogens with zero attached hydrogens (tertiary/aromatic N) is 3. The maximum atomic E-state index is 12.2. The first-order valence-electron chi connectivity index (χ1n) is 8.37. The molecular weight excluding hydrogens is 434 g/mol. The minimum absolute atomic E-state index is 0.0356. The third-order valence-corrected chi connectivity index (χ3v) is 6.40. The van der Waals surface area contributed by atoms with Crippen LogP contribution in [0.2, 0.25) is 5.02 Å². The van der Waals surface area contributed by atoms with Crippen molar-refractivity contribution >= 4 is 62.8 Å². The van der Waals surface area contributed by atoms with Crippen molar-refractivity contribution in [3.8, 4) is 0 Å². The molecule has 0 aliphatic carbocycles. The fourth-order valence-corrected chi connectivity index (χ4v) is 4.19. The molecule has 1 amide bonds. The van der Waals surface area contributed by atoms with E-state index >= 15 is 0 Å². The van der Waals surface area contributed by atoms with Crippen LogP contribution in [0.4, 0.5) is 22.2 Å². The highest BCUT2D eigenvalue weighted by atomic mass is 35.5. The van der Waals surface area contributed by atoms with Crippen molar-refractivity contribution in [1.82, 2.24) is 10.2 Å². The first-order chi connectivity index (χ1) is 13.8. The van der Waals surface area contributed by atoms with Gasteiger partial charge in [-0.2, -0.15) is 0 Å². The summed E-state index contributed by atoms with van der Waals surface area (Å²) in [6.45, 7) is 3.50. The summed E-state index contributed by atoms with van der Waals surface area (Å²) in [6.07, 6.45) is 0. The maximum Gasteiger partial charge on any atom is 0.274 e. The summed E-state index contributed by atoms with van der Waals surface area (Å²) in [4.78, 5) is 22.8. The summed E-state index contributed by atoms with van der Waals surface area (Å²) in [6, 6.07) is 10.1. The van der Waals surface area contributed by atoms with E-state index in [-0.39, 0.29) is 17.3 Å². The van der Waals surface area contributed by atoms with Gasteiger partial charge in [0.2, 0.25) is 11.0 Å². The molecule has 2 aromatic carbocycles. The number of carbonyl (C=O) groups is 1. The van der Waals surface area contributed by atoms with Crippen LogP contribution in [0.15, 0.2) is 40.7 Å². The van der Waals surface area contributed by atoms with E-state index in [2.05, 4.69) is 20.8 Å². The molecule has 1 aromatic heterocycles. The number of aromatic nitrogens is 2. The second-order valence-corrected chi connectivity index (χ2v) is 8.56. The molecule has 3 rings (SSSR count). The number of halogens is 1. The zero-order valence-corrected chi connectivity index (χ0v) is 17.8. The van der Waals surface area contributed by atoms with Crippen LogP contribution < -0.4 is 10.6 Å². The van der Waals surface area contributed by atoms with Crippen LogP contribution in [0.3, 0.4) is 0 Å². The fraction of sp³-hybridized carbons (Fsp3) is 0.167. The number of hydrogen-bond acceptors (Lipinski definition) is 8. The second kappa shape index (κ2) is 9.21. The molecule has 8 nitrogen and oxygen atoms in total. The van der Waals surface area contributed by atoms with Gasteiger partial charge in [-0.15, -0.1) is 10.2 Å². The monoisotopic (exact) mass is 449 g/mol. The van der Waals surface area contributed by atoms with Crippen LogP contribution in [-0.4, -0.2) is 26.8 Å². The van der Waals surface area contributed by atoms with Gasteiger partial charge in [0.25, 0.3) is 5.69 Å². The average molecular weight is 450 g/mol. The Labute approximate surface area is 179 Å². The van der Waals surface area contributed by atoms with Gasteiger partial charge in [-0.25, -0.2) is 0 Å². The Hall–Kier alpha value is -2.69. The molecule has 2 N–H and O–H groups in total. The number of amides is 1. The Kier molecular flexibility index (Phi) is 6.68. The van der Waals surface area contributed by atoms with Gasteiger partial charge in [-0.1, -0.05) is 46.8 Å². The first-order valence-corrected chi connectivity index (χ1v) is 10.6. The predicted octanol–water partition coefficient (Wildman–Crippen LogP) is 5.19. The number of nitro groups is 1. The van der Waals surface area contributed by atoms with Crippen molar-refractivity contribution in [3.05, 3.63) is 62.7 Å². The molecular formula is C18H16ClN5O3S2. The van der Waals surface area contributed by atoms with E-state index in [1.807, 2.05) is 25.1 Å². The number of carbonyl (C=O) groups excluding carboxylic acids is 1. The van der Waals surface area contributed by atoms with Crippen LogP contribution in [0.1, 0.15) is 11.1 Å². The summed E-state index contributed by atoms with van der Waals surface area (Å²) >= 11 is 8.67. The van der Waals surface area contributed by atoms with E-state index in [1.165, 1.54) is 35.2 Å². The third-order valence-electron chi connectivity index (χ3n) is 4.02. The molecule has 0 unspecified atom stereocenters. The van der Waals surface area contributed by atoms with Gasteiger partial charge in [0.1, 0.15) is 0 Å². The van der Waals surface area contributed by atoms with E-state index in [9.17, 15) is 14.9 Å². The molecule has 0 bridgehead atoms. The quantitative estimate of drug-likeness (QED) is 0.290. The van der Waals surface area contributed by atoms with E-state index in [0.29, 0.717) is 25.7 Å². The van der Waals surface area contributed by atoms with Gasteiger partial charge in [0, 0.05) is 16.8 Å². The molecule has 3 aromatic rings. The van der Waals surface area contributed by atoms with Crippen LogP contribution in [0.25, 0.3) is 0 Å². The predicted molar refractivity (Wildman–Crippen MR) is 117 cm³/mol. The molecule has 29 heavy (non-hydrogen) atoms. The van der Waals surface area contributed by atoms with Crippen LogP contribution in [0, 0.1) is 24.0 Å². The Balaban J connectivity index is 1.58. The highest BCUT2D eigenvalue weighted by Gasteiger charge is 2.15. The molecule has 0 fully saturated rings. The van der Waals surface area contributed by atoms with Crippen LogP contribution >= 0.6 is 34.7 Å². The molecule has 0 atom stereocenters. The first kappa shape index (κ1) is 21.0. The molecule has 0 saturated heterocycles. The lowest BCUT2D eigenvalue weighted by Gasteiger charge is -2.08. The minimum atomic E-state index is -0.475. The van der Waals surface area contributed by atoms with Crippen LogP contribution in [0.5, 0.6) is 0 Å². The molecule has 0 aliphatic rings. The van der Waals surface area contributed by atoms with Crippen molar-refractivity contribution in [2.24, 2.45) is 0 Å². The highest BCUT2D eigenvalue weighted by Crippen LogP contribution is 2.31. The minimum Gasteiger partial charge on any atom is -0.330 e. The van der Waals surface area contributed by atoms with Gasteiger partial charge >= 0.3 is 0 Å². The average Bonchev–Trinajstić information content (AvgIpc) is 3.13. The van der Waals surface area contributed by atoms with E-state index in [1.54, 1.807) is 13.0 Å². The van der Waals surface area contributed by atoms with E-state index in [4.69, 9.17) is 11.6 Å². The normalized spacial score (nSPS) is 10.6. The highest BCUT2D eigenvalue weighted by molar-refractivity contribution is 8.01. The smallest absolute Gasteiger partial charge is 0.274 e. The van der Waals surface area contributed by atoms with Gasteiger partial charge in [0.15, 0.2) is 4.34 Å². The number of nitrogens with one attached hydrogen (secondary N) is 2. The summed E-state index contributed by atoms with van der Waals surface area (Å²) in [5, 5.41) is 26.3. The number of rotatable bonds is 7. The zero-order chi connectivity index (χ0) is 21.0. The summed E-state index contributed by atoms with van der Waals surface area (Å²) in [7, 11) is 0. The van der Waals surface area contributed by atoms with E-state index in [0.717, 1.165) is 11.3 Å². The third kappa shape index (κ3) is 5.22. The lowest BCUT2D eigenvalue weighted by molar-refractivity contribution is -0.385. The van der Waals surface area contributed by atoms with Crippen molar-refractivity contribution in [1.29, 1.82) is 0 Å². The Morgan fingerprint density at radius 2 is 1.90 bits per heavy atom. The van der Waals surface area contributed by atoms with Crippen molar-refractivity contribution in [2.75, 3.05) is 16.4 Å². The Morgan fingerprint density at radius 3 is 2.66 bits per heavy atom. The Morgan fingerprint density at radius 1 is 1.17 bits per heavy atom. The van der Waals surface area contributed by atoms with Gasteiger partial charge in [-0.05, 0) is 37.6 Å². The number of anilines is 3. The topological polar surface area (TPSA) is 110 Å². The number of nitro benzene ring substituents is 1. The van der Waals surface area contributed by atoms with Crippen molar-refractivity contribution in [3.63, 3.8) is 0 Å². The van der Waals surface area contributed by atoms with Gasteiger partial charge in [0.05, 0.1) is 21.9 Å². The number of benzene rings is 2. The second-order valence-electron chi connectivity index (χ2n) is 5.95.